The molecule has 4 rings (SSSR count). The molecule has 164 valence electrons. The first-order valence-corrected chi connectivity index (χ1v) is 10.6. The minimum atomic E-state index is -0.203. The fourth-order valence-electron chi connectivity index (χ4n) is 3.82. The first kappa shape index (κ1) is 21.2. The van der Waals surface area contributed by atoms with E-state index in [9.17, 15) is 9.59 Å². The second-order valence-corrected chi connectivity index (χ2v) is 7.73. The van der Waals surface area contributed by atoms with Crippen LogP contribution in [-0.4, -0.2) is 69.5 Å². The molecule has 0 radical (unpaired) electrons. The molecule has 0 spiro atoms. The van der Waals surface area contributed by atoms with Crippen molar-refractivity contribution in [1.29, 1.82) is 0 Å². The maximum Gasteiger partial charge on any atom is 0.273 e. The smallest absolute Gasteiger partial charge is 0.273 e. The Hall–Kier alpha value is -3.04. The zero-order chi connectivity index (χ0) is 21.8. The predicted molar refractivity (Wildman–Crippen MR) is 117 cm³/mol. The van der Waals surface area contributed by atoms with E-state index in [0.717, 1.165) is 44.2 Å². The highest BCUT2D eigenvalue weighted by atomic mass is 16.5. The number of aromatic nitrogens is 4. The van der Waals surface area contributed by atoms with Gasteiger partial charge >= 0.3 is 0 Å². The van der Waals surface area contributed by atoms with Gasteiger partial charge in [0.2, 0.25) is 5.91 Å². The van der Waals surface area contributed by atoms with Crippen LogP contribution in [0.4, 0.5) is 0 Å². The van der Waals surface area contributed by atoms with E-state index in [1.807, 2.05) is 37.3 Å². The van der Waals surface area contributed by atoms with Crippen molar-refractivity contribution in [1.82, 2.24) is 29.5 Å². The summed E-state index contributed by atoms with van der Waals surface area (Å²) in [5.74, 6) is -0.0751. The molecule has 1 fully saturated rings. The number of hydrogen-bond acceptors (Lipinski definition) is 6. The van der Waals surface area contributed by atoms with E-state index < -0.39 is 0 Å². The highest BCUT2D eigenvalue weighted by Gasteiger charge is 2.18. The molecular formula is C22H28N6O3. The summed E-state index contributed by atoms with van der Waals surface area (Å²) >= 11 is 0. The molecule has 1 aliphatic heterocycles. The van der Waals surface area contributed by atoms with E-state index in [-0.39, 0.29) is 17.9 Å². The number of amides is 1. The topological polar surface area (TPSA) is 94.3 Å². The molecule has 0 unspecified atom stereocenters. The Morgan fingerprint density at radius 1 is 1.19 bits per heavy atom. The normalized spacial score (nSPS) is 14.8. The Kier molecular flexibility index (Phi) is 6.43. The van der Waals surface area contributed by atoms with Gasteiger partial charge in [-0.1, -0.05) is 18.2 Å². The zero-order valence-corrected chi connectivity index (χ0v) is 18.0. The predicted octanol–water partition coefficient (Wildman–Crippen LogP) is 0.809. The number of fused-ring (bicyclic) bond motifs is 1. The van der Waals surface area contributed by atoms with Gasteiger partial charge in [-0.05, 0) is 19.1 Å². The molecule has 1 saturated heterocycles. The summed E-state index contributed by atoms with van der Waals surface area (Å²) in [5, 5.41) is 7.52. The van der Waals surface area contributed by atoms with Crippen LogP contribution < -0.4 is 10.9 Å². The molecule has 2 aromatic heterocycles. The van der Waals surface area contributed by atoms with Gasteiger partial charge in [-0.2, -0.15) is 5.10 Å². The van der Waals surface area contributed by atoms with Gasteiger partial charge < -0.3 is 10.1 Å². The molecule has 0 atom stereocenters. The van der Waals surface area contributed by atoms with Crippen LogP contribution in [0.2, 0.25) is 0 Å². The van der Waals surface area contributed by atoms with Crippen molar-refractivity contribution in [2.75, 3.05) is 39.4 Å². The second kappa shape index (κ2) is 9.40. The first-order chi connectivity index (χ1) is 15.0. The van der Waals surface area contributed by atoms with Crippen molar-refractivity contribution >= 4 is 17.1 Å². The zero-order valence-electron chi connectivity index (χ0n) is 18.0. The van der Waals surface area contributed by atoms with Crippen molar-refractivity contribution in [2.24, 2.45) is 7.05 Å². The Bertz CT molecular complexity index is 1120. The van der Waals surface area contributed by atoms with E-state index in [0.29, 0.717) is 29.8 Å². The minimum Gasteiger partial charge on any atom is -0.379 e. The van der Waals surface area contributed by atoms with Crippen LogP contribution >= 0.6 is 0 Å². The summed E-state index contributed by atoms with van der Waals surface area (Å²) in [7, 11) is 1.72. The van der Waals surface area contributed by atoms with Crippen LogP contribution in [0.5, 0.6) is 0 Å². The van der Waals surface area contributed by atoms with E-state index >= 15 is 0 Å². The first-order valence-electron chi connectivity index (χ1n) is 10.6. The van der Waals surface area contributed by atoms with E-state index in [1.165, 1.54) is 0 Å². The van der Waals surface area contributed by atoms with Gasteiger partial charge in [0.1, 0.15) is 11.2 Å². The van der Waals surface area contributed by atoms with Gasteiger partial charge in [0.15, 0.2) is 5.65 Å². The van der Waals surface area contributed by atoms with E-state index in [4.69, 9.17) is 4.74 Å². The molecular weight excluding hydrogens is 396 g/mol. The third-order valence-electron chi connectivity index (χ3n) is 5.56. The average molecular weight is 425 g/mol. The second-order valence-electron chi connectivity index (χ2n) is 7.73. The number of aryl methyl sites for hydroxylation is 3. The number of nitrogens with one attached hydrogen (secondary N) is 1. The van der Waals surface area contributed by atoms with Crippen molar-refractivity contribution < 1.29 is 9.53 Å². The van der Waals surface area contributed by atoms with Crippen molar-refractivity contribution in [3.63, 3.8) is 0 Å². The molecule has 3 aromatic rings. The lowest BCUT2D eigenvalue weighted by atomic mass is 10.2. The van der Waals surface area contributed by atoms with Crippen LogP contribution in [0.25, 0.3) is 16.9 Å². The third kappa shape index (κ3) is 4.67. The SMILES string of the molecule is Cc1nn(-c2ccccc2)c2c1nc(CCC(=O)NCCN1CCOCC1)c(=O)n2C. The number of benzene rings is 1. The molecule has 0 aliphatic carbocycles. The lowest BCUT2D eigenvalue weighted by Gasteiger charge is -2.26. The summed E-state index contributed by atoms with van der Waals surface area (Å²) in [5.41, 5.74) is 3.11. The number of carbonyl (C=O) groups is 1. The van der Waals surface area contributed by atoms with Gasteiger partial charge in [-0.25, -0.2) is 9.67 Å². The van der Waals surface area contributed by atoms with Gasteiger partial charge in [0.05, 0.1) is 24.6 Å². The standard InChI is InChI=1S/C22H28N6O3/c1-16-20-21(28(25-16)17-6-4-3-5-7-17)26(2)22(30)18(24-20)8-9-19(29)23-10-11-27-12-14-31-15-13-27/h3-7H,8-15H2,1-2H3,(H,23,29). The summed E-state index contributed by atoms with van der Waals surface area (Å²) in [4.78, 5) is 32.0. The molecule has 1 aromatic carbocycles. The van der Waals surface area contributed by atoms with Crippen molar-refractivity contribution in [2.45, 2.75) is 19.8 Å². The number of ether oxygens (including phenoxy) is 1. The molecule has 31 heavy (non-hydrogen) atoms. The molecule has 0 saturated carbocycles. The molecule has 1 aliphatic rings. The average Bonchev–Trinajstić information content (AvgIpc) is 3.13. The van der Waals surface area contributed by atoms with Crippen LogP contribution in [0, 0.1) is 6.92 Å². The Morgan fingerprint density at radius 3 is 2.68 bits per heavy atom. The van der Waals surface area contributed by atoms with E-state index in [2.05, 4.69) is 20.3 Å². The lowest BCUT2D eigenvalue weighted by molar-refractivity contribution is -0.121. The molecule has 0 bridgehead atoms. The quantitative estimate of drug-likeness (QED) is 0.603. The summed E-state index contributed by atoms with van der Waals surface area (Å²) < 4.78 is 8.64. The summed E-state index contributed by atoms with van der Waals surface area (Å²) in [6.45, 7) is 6.54. The summed E-state index contributed by atoms with van der Waals surface area (Å²) in [6.07, 6.45) is 0.519. The molecule has 1 amide bonds. The van der Waals surface area contributed by atoms with Gasteiger partial charge in [-0.3, -0.25) is 19.1 Å². The van der Waals surface area contributed by atoms with Crippen LogP contribution in [0.15, 0.2) is 35.1 Å². The lowest BCUT2D eigenvalue weighted by Crippen LogP contribution is -2.41. The number of carbonyl (C=O) groups excluding carboxylic acids is 1. The largest absolute Gasteiger partial charge is 0.379 e. The number of rotatable bonds is 7. The highest BCUT2D eigenvalue weighted by Crippen LogP contribution is 2.19. The third-order valence-corrected chi connectivity index (χ3v) is 5.56. The number of hydrogen-bond donors (Lipinski definition) is 1. The van der Waals surface area contributed by atoms with Gasteiger partial charge in [-0.15, -0.1) is 0 Å². The highest BCUT2D eigenvalue weighted by molar-refractivity contribution is 5.77. The molecule has 9 nitrogen and oxygen atoms in total. The fourth-order valence-corrected chi connectivity index (χ4v) is 3.82. The van der Waals surface area contributed by atoms with E-state index in [1.54, 1.807) is 16.3 Å². The van der Waals surface area contributed by atoms with Crippen LogP contribution in [0.3, 0.4) is 0 Å². The maximum atomic E-state index is 12.9. The molecule has 9 heteroatoms. The minimum absolute atomic E-state index is 0.0751. The maximum absolute atomic E-state index is 12.9. The Morgan fingerprint density at radius 2 is 1.94 bits per heavy atom. The van der Waals surface area contributed by atoms with Crippen LogP contribution in [-0.2, 0) is 23.0 Å². The van der Waals surface area contributed by atoms with Crippen molar-refractivity contribution in [3.05, 3.63) is 52.1 Å². The fraction of sp³-hybridized carbons (Fsp3) is 0.455. The van der Waals surface area contributed by atoms with Gasteiger partial charge in [0, 0.05) is 46.1 Å². The molecule has 1 N–H and O–H groups in total. The number of nitrogens with zero attached hydrogens (tertiary/aromatic N) is 5. The molecule has 3 heterocycles. The van der Waals surface area contributed by atoms with Crippen LogP contribution in [0.1, 0.15) is 17.8 Å². The number of para-hydroxylation sites is 1. The monoisotopic (exact) mass is 424 g/mol. The summed E-state index contributed by atoms with van der Waals surface area (Å²) in [6, 6.07) is 9.66. The number of morpholine rings is 1. The Labute approximate surface area is 180 Å². The van der Waals surface area contributed by atoms with Gasteiger partial charge in [0.25, 0.3) is 5.56 Å². The Balaban J connectivity index is 1.45. The van der Waals surface area contributed by atoms with Crippen molar-refractivity contribution in [3.8, 4) is 5.69 Å².